The van der Waals surface area contributed by atoms with E-state index in [1.807, 2.05) is 7.05 Å². The Morgan fingerprint density at radius 1 is 1.56 bits per heavy atom. The first-order chi connectivity index (χ1) is 8.68. The predicted molar refractivity (Wildman–Crippen MR) is 61.2 cm³/mol. The molecule has 2 aromatic heterocycles. The lowest BCUT2D eigenvalue weighted by Crippen LogP contribution is -2.27. The molecule has 0 saturated heterocycles. The van der Waals surface area contributed by atoms with Crippen molar-refractivity contribution in [3.63, 3.8) is 0 Å². The standard InChI is InChI=1S/C11H12FN5O/c1-17-7-15-16-9(17)4-6-14-11(18)8-3-2-5-13-10(8)12/h2-3,5,7H,4,6H2,1H3,(H,14,18). The highest BCUT2D eigenvalue weighted by molar-refractivity contribution is 5.94. The molecular weight excluding hydrogens is 237 g/mol. The molecule has 0 spiro atoms. The van der Waals surface area contributed by atoms with E-state index in [-0.39, 0.29) is 5.56 Å². The van der Waals surface area contributed by atoms with Crippen molar-refractivity contribution in [1.29, 1.82) is 0 Å². The fraction of sp³-hybridized carbons (Fsp3) is 0.273. The molecule has 0 aromatic carbocycles. The number of aryl methyl sites for hydroxylation is 1. The van der Waals surface area contributed by atoms with Crippen molar-refractivity contribution in [2.24, 2.45) is 7.05 Å². The lowest BCUT2D eigenvalue weighted by atomic mass is 10.2. The number of hydrogen-bond acceptors (Lipinski definition) is 4. The summed E-state index contributed by atoms with van der Waals surface area (Å²) in [7, 11) is 1.82. The van der Waals surface area contributed by atoms with Gasteiger partial charge in [-0.3, -0.25) is 4.79 Å². The van der Waals surface area contributed by atoms with E-state index < -0.39 is 11.9 Å². The van der Waals surface area contributed by atoms with E-state index >= 15 is 0 Å². The molecule has 2 rings (SSSR count). The molecule has 0 aliphatic carbocycles. The molecule has 1 amide bonds. The Balaban J connectivity index is 1.90. The Kier molecular flexibility index (Phi) is 3.61. The highest BCUT2D eigenvalue weighted by Crippen LogP contribution is 2.02. The van der Waals surface area contributed by atoms with Crippen molar-refractivity contribution in [3.05, 3.63) is 42.0 Å². The molecule has 0 radical (unpaired) electrons. The second-order valence-electron chi connectivity index (χ2n) is 3.71. The number of carbonyl (C=O) groups excluding carboxylic acids is 1. The number of nitrogens with zero attached hydrogens (tertiary/aromatic N) is 4. The summed E-state index contributed by atoms with van der Waals surface area (Å²) in [5.41, 5.74) is -0.0598. The van der Waals surface area contributed by atoms with Gasteiger partial charge in [0.15, 0.2) is 0 Å². The summed E-state index contributed by atoms with van der Waals surface area (Å²) in [6, 6.07) is 2.90. The van der Waals surface area contributed by atoms with Gasteiger partial charge in [0, 0.05) is 26.2 Å². The number of hydrogen-bond donors (Lipinski definition) is 1. The van der Waals surface area contributed by atoms with Crippen LogP contribution < -0.4 is 5.32 Å². The first-order valence-electron chi connectivity index (χ1n) is 5.40. The van der Waals surface area contributed by atoms with E-state index in [0.717, 1.165) is 5.82 Å². The van der Waals surface area contributed by atoms with Crippen LogP contribution in [0.3, 0.4) is 0 Å². The maximum atomic E-state index is 13.2. The minimum Gasteiger partial charge on any atom is -0.351 e. The Morgan fingerprint density at radius 2 is 2.39 bits per heavy atom. The highest BCUT2D eigenvalue weighted by atomic mass is 19.1. The van der Waals surface area contributed by atoms with Crippen LogP contribution in [0.2, 0.25) is 0 Å². The Bertz CT molecular complexity index is 554. The van der Waals surface area contributed by atoms with Crippen LogP contribution in [0, 0.1) is 5.95 Å². The number of amides is 1. The van der Waals surface area contributed by atoms with Crippen LogP contribution in [-0.4, -0.2) is 32.2 Å². The average Bonchev–Trinajstić information content (AvgIpc) is 2.75. The Labute approximate surface area is 103 Å². The van der Waals surface area contributed by atoms with Gasteiger partial charge in [-0.25, -0.2) is 4.98 Å². The van der Waals surface area contributed by atoms with Gasteiger partial charge in [0.05, 0.1) is 5.56 Å². The summed E-state index contributed by atoms with van der Waals surface area (Å²) >= 11 is 0. The van der Waals surface area contributed by atoms with Crippen LogP contribution in [0.4, 0.5) is 4.39 Å². The first kappa shape index (κ1) is 12.2. The van der Waals surface area contributed by atoms with Crippen LogP contribution in [0.25, 0.3) is 0 Å². The minimum absolute atomic E-state index is 0.0598. The van der Waals surface area contributed by atoms with Crippen molar-refractivity contribution in [2.75, 3.05) is 6.54 Å². The molecule has 2 heterocycles. The number of halogens is 1. The third kappa shape index (κ3) is 2.68. The van der Waals surface area contributed by atoms with Gasteiger partial charge in [-0.1, -0.05) is 0 Å². The first-order valence-corrected chi connectivity index (χ1v) is 5.40. The third-order valence-electron chi connectivity index (χ3n) is 2.44. The second kappa shape index (κ2) is 5.35. The van der Waals surface area contributed by atoms with Gasteiger partial charge in [-0.2, -0.15) is 4.39 Å². The lowest BCUT2D eigenvalue weighted by molar-refractivity contribution is 0.0949. The molecule has 0 bridgehead atoms. The zero-order valence-corrected chi connectivity index (χ0v) is 9.80. The molecule has 6 nitrogen and oxygen atoms in total. The topological polar surface area (TPSA) is 72.7 Å². The van der Waals surface area contributed by atoms with E-state index in [2.05, 4.69) is 20.5 Å². The van der Waals surface area contributed by atoms with Crippen LogP contribution in [0.15, 0.2) is 24.7 Å². The molecule has 0 aliphatic rings. The number of aromatic nitrogens is 4. The third-order valence-corrected chi connectivity index (χ3v) is 2.44. The maximum absolute atomic E-state index is 13.2. The van der Waals surface area contributed by atoms with Crippen LogP contribution in [0.1, 0.15) is 16.2 Å². The molecule has 2 aromatic rings. The van der Waals surface area contributed by atoms with E-state index in [4.69, 9.17) is 0 Å². The fourth-order valence-corrected chi connectivity index (χ4v) is 1.47. The molecule has 94 valence electrons. The summed E-state index contributed by atoms with van der Waals surface area (Å²) in [5, 5.41) is 10.2. The van der Waals surface area contributed by atoms with E-state index in [1.165, 1.54) is 18.3 Å². The summed E-state index contributed by atoms with van der Waals surface area (Å²) in [5.74, 6) is -0.501. The van der Waals surface area contributed by atoms with E-state index in [9.17, 15) is 9.18 Å². The van der Waals surface area contributed by atoms with Crippen molar-refractivity contribution in [2.45, 2.75) is 6.42 Å². The van der Waals surface area contributed by atoms with Crippen LogP contribution >= 0.6 is 0 Å². The second-order valence-corrected chi connectivity index (χ2v) is 3.71. The summed E-state index contributed by atoms with van der Waals surface area (Å²) in [4.78, 5) is 15.1. The largest absolute Gasteiger partial charge is 0.351 e. The van der Waals surface area contributed by atoms with Crippen molar-refractivity contribution in [3.8, 4) is 0 Å². The monoisotopic (exact) mass is 249 g/mol. The zero-order valence-electron chi connectivity index (χ0n) is 9.80. The summed E-state index contributed by atoms with van der Waals surface area (Å²) in [6.45, 7) is 0.361. The number of rotatable bonds is 4. The van der Waals surface area contributed by atoms with Gasteiger partial charge < -0.3 is 9.88 Å². The van der Waals surface area contributed by atoms with Gasteiger partial charge in [0.25, 0.3) is 5.91 Å². The van der Waals surface area contributed by atoms with Gasteiger partial charge in [-0.05, 0) is 12.1 Å². The highest BCUT2D eigenvalue weighted by Gasteiger charge is 2.11. The maximum Gasteiger partial charge on any atom is 0.255 e. The normalized spacial score (nSPS) is 10.3. The van der Waals surface area contributed by atoms with Gasteiger partial charge in [0.2, 0.25) is 5.95 Å². The molecule has 1 N–H and O–H groups in total. The van der Waals surface area contributed by atoms with Gasteiger partial charge in [0.1, 0.15) is 12.2 Å². The quantitative estimate of drug-likeness (QED) is 0.792. The van der Waals surface area contributed by atoms with Gasteiger partial charge in [-0.15, -0.1) is 10.2 Å². The van der Waals surface area contributed by atoms with E-state index in [1.54, 1.807) is 10.9 Å². The molecular formula is C11H12FN5O. The molecule has 7 heteroatoms. The smallest absolute Gasteiger partial charge is 0.255 e. The Hall–Kier alpha value is -2.31. The SMILES string of the molecule is Cn1cnnc1CCNC(=O)c1cccnc1F. The van der Waals surface area contributed by atoms with Crippen molar-refractivity contribution in [1.82, 2.24) is 25.1 Å². The molecule has 0 saturated carbocycles. The number of carbonyl (C=O) groups is 1. The zero-order chi connectivity index (χ0) is 13.0. The van der Waals surface area contributed by atoms with Crippen LogP contribution in [-0.2, 0) is 13.5 Å². The number of nitrogens with one attached hydrogen (secondary N) is 1. The predicted octanol–water partition coefficient (Wildman–Crippen LogP) is 0.322. The van der Waals surface area contributed by atoms with E-state index in [0.29, 0.717) is 13.0 Å². The van der Waals surface area contributed by atoms with Gasteiger partial charge >= 0.3 is 0 Å². The van der Waals surface area contributed by atoms with Crippen molar-refractivity contribution < 1.29 is 9.18 Å². The fourth-order valence-electron chi connectivity index (χ4n) is 1.47. The Morgan fingerprint density at radius 3 is 3.06 bits per heavy atom. The number of pyridine rings is 1. The average molecular weight is 249 g/mol. The molecule has 18 heavy (non-hydrogen) atoms. The lowest BCUT2D eigenvalue weighted by Gasteiger charge is -2.05. The summed E-state index contributed by atoms with van der Waals surface area (Å²) < 4.78 is 15.0. The van der Waals surface area contributed by atoms with Crippen LogP contribution in [0.5, 0.6) is 0 Å². The molecule has 0 atom stereocenters. The molecule has 0 aliphatic heterocycles. The summed E-state index contributed by atoms with van der Waals surface area (Å²) in [6.07, 6.45) is 3.41. The molecule has 0 unspecified atom stereocenters. The molecule has 0 fully saturated rings. The van der Waals surface area contributed by atoms with Crippen molar-refractivity contribution >= 4 is 5.91 Å². The minimum atomic E-state index is -0.770.